The normalized spacial score (nSPS) is 9.90. The first kappa shape index (κ1) is 8.64. The monoisotopic (exact) mass is 134 g/mol. The quantitative estimate of drug-likeness (QED) is 0.323. The van der Waals surface area contributed by atoms with Crippen molar-refractivity contribution in [3.63, 3.8) is 0 Å². The van der Waals surface area contributed by atoms with Gasteiger partial charge in [0.2, 0.25) is 0 Å². The van der Waals surface area contributed by atoms with Crippen LogP contribution in [0.2, 0.25) is 0 Å². The van der Waals surface area contributed by atoms with Gasteiger partial charge in [-0.1, -0.05) is 11.6 Å². The van der Waals surface area contributed by atoms with Crippen LogP contribution in [0.15, 0.2) is 28.4 Å². The van der Waals surface area contributed by atoms with Gasteiger partial charge < -0.3 is 0 Å². The van der Waals surface area contributed by atoms with Crippen molar-refractivity contribution in [2.24, 2.45) is 4.99 Å². The first-order valence-electron chi connectivity index (χ1n) is 2.92. The average molecular weight is 134 g/mol. The molecule has 0 atom stereocenters. The van der Waals surface area contributed by atoms with E-state index in [0.717, 1.165) is 5.57 Å². The Kier molecular flexibility index (Phi) is 3.90. The SMILES string of the molecule is C=N/C(C#N)=C\C=C(C)C. The minimum atomic E-state index is 0.348. The third kappa shape index (κ3) is 3.62. The molecule has 0 aromatic heterocycles. The summed E-state index contributed by atoms with van der Waals surface area (Å²) in [7, 11) is 0. The molecule has 2 nitrogen and oxygen atoms in total. The van der Waals surface area contributed by atoms with Gasteiger partial charge in [-0.3, -0.25) is 4.99 Å². The zero-order valence-corrected chi connectivity index (χ0v) is 6.26. The Morgan fingerprint density at radius 2 is 2.10 bits per heavy atom. The predicted molar refractivity (Wildman–Crippen MR) is 42.7 cm³/mol. The number of allylic oxidation sites excluding steroid dienone is 4. The summed E-state index contributed by atoms with van der Waals surface area (Å²) in [6, 6.07) is 1.89. The van der Waals surface area contributed by atoms with Gasteiger partial charge in [-0.25, -0.2) is 0 Å². The minimum Gasteiger partial charge on any atom is -0.253 e. The molecule has 0 bridgehead atoms. The highest BCUT2D eigenvalue weighted by molar-refractivity contribution is 5.36. The van der Waals surface area contributed by atoms with Crippen LogP contribution < -0.4 is 0 Å². The third-order valence-electron chi connectivity index (χ3n) is 0.859. The van der Waals surface area contributed by atoms with Gasteiger partial charge in [0.15, 0.2) is 0 Å². The van der Waals surface area contributed by atoms with E-state index in [9.17, 15) is 0 Å². The molecular weight excluding hydrogens is 124 g/mol. The molecule has 52 valence electrons. The molecule has 0 amide bonds. The van der Waals surface area contributed by atoms with E-state index in [1.54, 1.807) is 6.08 Å². The summed E-state index contributed by atoms with van der Waals surface area (Å²) in [4.78, 5) is 3.48. The Balaban J connectivity index is 4.31. The van der Waals surface area contributed by atoms with Crippen molar-refractivity contribution in [3.8, 4) is 6.07 Å². The van der Waals surface area contributed by atoms with Gasteiger partial charge in [0.1, 0.15) is 11.8 Å². The Morgan fingerprint density at radius 3 is 2.40 bits per heavy atom. The van der Waals surface area contributed by atoms with Gasteiger partial charge in [0.05, 0.1) is 0 Å². The summed E-state index contributed by atoms with van der Waals surface area (Å²) in [5.41, 5.74) is 1.48. The van der Waals surface area contributed by atoms with Crippen molar-refractivity contribution in [2.45, 2.75) is 13.8 Å². The second kappa shape index (κ2) is 4.51. The number of hydrogen-bond donors (Lipinski definition) is 0. The lowest BCUT2D eigenvalue weighted by molar-refractivity contribution is 1.36. The van der Waals surface area contributed by atoms with E-state index in [-0.39, 0.29) is 0 Å². The molecule has 0 saturated carbocycles. The highest BCUT2D eigenvalue weighted by Gasteiger charge is 1.82. The Morgan fingerprint density at radius 1 is 1.50 bits per heavy atom. The van der Waals surface area contributed by atoms with Crippen molar-refractivity contribution >= 4 is 6.72 Å². The first-order chi connectivity index (χ1) is 4.70. The first-order valence-corrected chi connectivity index (χ1v) is 2.92. The molecule has 0 spiro atoms. The Labute approximate surface area is 61.2 Å². The van der Waals surface area contributed by atoms with Gasteiger partial charge >= 0.3 is 0 Å². The smallest absolute Gasteiger partial charge is 0.139 e. The summed E-state index contributed by atoms with van der Waals surface area (Å²) in [6.07, 6.45) is 3.47. The molecule has 0 heterocycles. The zero-order valence-electron chi connectivity index (χ0n) is 6.26. The van der Waals surface area contributed by atoms with E-state index in [2.05, 4.69) is 11.7 Å². The summed E-state index contributed by atoms with van der Waals surface area (Å²) >= 11 is 0. The van der Waals surface area contributed by atoms with Gasteiger partial charge in [0.25, 0.3) is 0 Å². The minimum absolute atomic E-state index is 0.348. The molecule has 0 N–H and O–H groups in total. The molecule has 0 aliphatic rings. The summed E-state index contributed by atoms with van der Waals surface area (Å²) in [5.74, 6) is 0. The van der Waals surface area contributed by atoms with E-state index >= 15 is 0 Å². The van der Waals surface area contributed by atoms with Crippen LogP contribution in [0.4, 0.5) is 0 Å². The highest BCUT2D eigenvalue weighted by atomic mass is 14.7. The Hall–Kier alpha value is -1.36. The highest BCUT2D eigenvalue weighted by Crippen LogP contribution is 1.96. The molecule has 0 aliphatic carbocycles. The Bertz CT molecular complexity index is 212. The molecule has 0 unspecified atom stereocenters. The van der Waals surface area contributed by atoms with E-state index in [1.165, 1.54) is 0 Å². The largest absolute Gasteiger partial charge is 0.253 e. The van der Waals surface area contributed by atoms with Gasteiger partial charge in [0, 0.05) is 0 Å². The third-order valence-corrected chi connectivity index (χ3v) is 0.859. The fourth-order valence-electron chi connectivity index (χ4n) is 0.371. The van der Waals surface area contributed by atoms with Crippen LogP contribution in [0.25, 0.3) is 0 Å². The van der Waals surface area contributed by atoms with Gasteiger partial charge in [-0.15, -0.1) is 0 Å². The van der Waals surface area contributed by atoms with E-state index in [4.69, 9.17) is 5.26 Å². The molecule has 0 saturated heterocycles. The van der Waals surface area contributed by atoms with Crippen LogP contribution in [0.3, 0.4) is 0 Å². The summed E-state index contributed by atoms with van der Waals surface area (Å²) in [5, 5.41) is 8.36. The topological polar surface area (TPSA) is 36.1 Å². The number of nitrogens with zero attached hydrogens (tertiary/aromatic N) is 2. The molecule has 10 heavy (non-hydrogen) atoms. The van der Waals surface area contributed by atoms with Gasteiger partial charge in [-0.2, -0.15) is 5.26 Å². The van der Waals surface area contributed by atoms with Crippen LogP contribution in [0.1, 0.15) is 13.8 Å². The molecule has 0 aromatic carbocycles. The van der Waals surface area contributed by atoms with Crippen molar-refractivity contribution in [2.75, 3.05) is 0 Å². The molecule has 0 radical (unpaired) electrons. The lowest BCUT2D eigenvalue weighted by Gasteiger charge is -1.83. The van der Waals surface area contributed by atoms with Crippen molar-refractivity contribution < 1.29 is 0 Å². The average Bonchev–Trinajstić information content (AvgIpc) is 1.90. The fraction of sp³-hybridized carbons (Fsp3) is 0.250. The van der Waals surface area contributed by atoms with Crippen molar-refractivity contribution in [1.82, 2.24) is 0 Å². The number of aliphatic imine (C=N–C) groups is 1. The number of nitriles is 1. The lowest BCUT2D eigenvalue weighted by Crippen LogP contribution is -1.68. The molecular formula is C8H10N2. The molecule has 2 heteroatoms. The molecule has 0 fully saturated rings. The second-order valence-electron chi connectivity index (χ2n) is 2.07. The van der Waals surface area contributed by atoms with Gasteiger partial charge in [-0.05, 0) is 26.6 Å². The fourth-order valence-corrected chi connectivity index (χ4v) is 0.371. The lowest BCUT2D eigenvalue weighted by atomic mass is 10.3. The van der Waals surface area contributed by atoms with Crippen LogP contribution >= 0.6 is 0 Å². The predicted octanol–water partition coefficient (Wildman–Crippen LogP) is 2.06. The maximum Gasteiger partial charge on any atom is 0.139 e. The number of rotatable bonds is 2. The van der Waals surface area contributed by atoms with Crippen molar-refractivity contribution in [3.05, 3.63) is 23.4 Å². The van der Waals surface area contributed by atoms with E-state index < -0.39 is 0 Å². The van der Waals surface area contributed by atoms with Crippen LogP contribution in [-0.4, -0.2) is 6.72 Å². The van der Waals surface area contributed by atoms with Crippen LogP contribution in [0.5, 0.6) is 0 Å². The zero-order chi connectivity index (χ0) is 7.98. The molecule has 0 aromatic rings. The maximum atomic E-state index is 8.36. The van der Waals surface area contributed by atoms with E-state index in [0.29, 0.717) is 5.70 Å². The van der Waals surface area contributed by atoms with E-state index in [1.807, 2.05) is 26.0 Å². The van der Waals surface area contributed by atoms with Crippen LogP contribution in [0, 0.1) is 11.3 Å². The van der Waals surface area contributed by atoms with Crippen molar-refractivity contribution in [1.29, 1.82) is 5.26 Å². The summed E-state index contributed by atoms with van der Waals surface area (Å²) < 4.78 is 0. The van der Waals surface area contributed by atoms with Crippen LogP contribution in [-0.2, 0) is 0 Å². The number of hydrogen-bond acceptors (Lipinski definition) is 2. The standard InChI is InChI=1S/C8H10N2/c1-7(2)4-5-8(6-9)10-3/h4-5H,3H2,1-2H3/b8-5-. The maximum absolute atomic E-state index is 8.36. The molecule has 0 rings (SSSR count). The summed E-state index contributed by atoms with van der Waals surface area (Å²) in [6.45, 7) is 7.15. The molecule has 0 aliphatic heterocycles. The second-order valence-corrected chi connectivity index (χ2v) is 2.07.